The van der Waals surface area contributed by atoms with Crippen LogP contribution >= 0.6 is 23.5 Å². The summed E-state index contributed by atoms with van der Waals surface area (Å²) in [5.41, 5.74) is 0.870. The number of fused-ring (bicyclic) bond motifs is 2. The van der Waals surface area contributed by atoms with Gasteiger partial charge in [0, 0.05) is 12.2 Å². The molecule has 0 spiro atoms. The fourth-order valence-electron chi connectivity index (χ4n) is 1.58. The zero-order valence-electron chi connectivity index (χ0n) is 7.98. The summed E-state index contributed by atoms with van der Waals surface area (Å²) in [6.45, 7) is 0. The maximum atomic E-state index is 12.0. The van der Waals surface area contributed by atoms with Crippen LogP contribution in [0.15, 0.2) is 14.8 Å². The number of aromatic nitrogens is 4. The van der Waals surface area contributed by atoms with Gasteiger partial charge in [-0.15, -0.1) is 11.8 Å². The maximum absolute atomic E-state index is 12.0. The van der Waals surface area contributed by atoms with E-state index >= 15 is 0 Å². The first kappa shape index (κ1) is 9.29. The Labute approximate surface area is 93.7 Å². The maximum Gasteiger partial charge on any atom is 0.287 e. The summed E-state index contributed by atoms with van der Waals surface area (Å²) in [6.07, 6.45) is 2.78. The van der Waals surface area contributed by atoms with Crippen LogP contribution in [0.4, 0.5) is 0 Å². The number of H-pyrrole nitrogens is 1. The predicted octanol–water partition coefficient (Wildman–Crippen LogP) is 0.788. The molecule has 3 heterocycles. The molecule has 1 aliphatic rings. The van der Waals surface area contributed by atoms with E-state index in [2.05, 4.69) is 15.1 Å². The SMILES string of the molecule is CSc1nc2nc3c(c(=O)n2[nH]1)SCC3. The number of aromatic amines is 1. The van der Waals surface area contributed by atoms with Crippen molar-refractivity contribution in [2.75, 3.05) is 12.0 Å². The van der Waals surface area contributed by atoms with Crippen LogP contribution in [0.3, 0.4) is 0 Å². The van der Waals surface area contributed by atoms with Crippen molar-refractivity contribution in [3.63, 3.8) is 0 Å². The second-order valence-electron chi connectivity index (χ2n) is 3.16. The summed E-state index contributed by atoms with van der Waals surface area (Å²) in [6, 6.07) is 0. The quantitative estimate of drug-likeness (QED) is 0.747. The molecule has 7 heteroatoms. The van der Waals surface area contributed by atoms with E-state index in [1.807, 2.05) is 6.26 Å². The molecule has 3 rings (SSSR count). The normalized spacial score (nSPS) is 14.7. The van der Waals surface area contributed by atoms with Gasteiger partial charge >= 0.3 is 0 Å². The Morgan fingerprint density at radius 1 is 1.53 bits per heavy atom. The lowest BCUT2D eigenvalue weighted by atomic mass is 10.3. The average molecular weight is 240 g/mol. The van der Waals surface area contributed by atoms with Gasteiger partial charge in [-0.25, -0.2) is 4.98 Å². The van der Waals surface area contributed by atoms with E-state index in [0.717, 1.165) is 22.8 Å². The van der Waals surface area contributed by atoms with E-state index in [-0.39, 0.29) is 5.56 Å². The first-order valence-corrected chi connectivity index (χ1v) is 6.69. The van der Waals surface area contributed by atoms with E-state index in [9.17, 15) is 4.79 Å². The molecule has 1 N–H and O–H groups in total. The van der Waals surface area contributed by atoms with Crippen LogP contribution in [-0.2, 0) is 6.42 Å². The fourth-order valence-corrected chi connectivity index (χ4v) is 2.96. The summed E-state index contributed by atoms with van der Waals surface area (Å²) >= 11 is 3.04. The Morgan fingerprint density at radius 3 is 3.20 bits per heavy atom. The average Bonchev–Trinajstić information content (AvgIpc) is 2.83. The van der Waals surface area contributed by atoms with Crippen LogP contribution in [0.5, 0.6) is 0 Å². The van der Waals surface area contributed by atoms with Gasteiger partial charge in [-0.1, -0.05) is 11.8 Å². The van der Waals surface area contributed by atoms with E-state index in [1.54, 1.807) is 11.8 Å². The van der Waals surface area contributed by atoms with Crippen molar-refractivity contribution in [3.8, 4) is 0 Å². The molecular weight excluding hydrogens is 232 g/mol. The molecule has 15 heavy (non-hydrogen) atoms. The Bertz CT molecular complexity index is 588. The molecule has 5 nitrogen and oxygen atoms in total. The number of thioether (sulfide) groups is 2. The number of hydrogen-bond donors (Lipinski definition) is 1. The van der Waals surface area contributed by atoms with Gasteiger partial charge in [0.1, 0.15) is 0 Å². The highest BCUT2D eigenvalue weighted by atomic mass is 32.2. The van der Waals surface area contributed by atoms with Crippen molar-refractivity contribution in [1.82, 2.24) is 19.6 Å². The zero-order chi connectivity index (χ0) is 10.4. The van der Waals surface area contributed by atoms with Crippen LogP contribution in [-0.4, -0.2) is 31.6 Å². The molecule has 0 radical (unpaired) electrons. The number of nitrogens with one attached hydrogen (secondary N) is 1. The van der Waals surface area contributed by atoms with Crippen LogP contribution in [0.2, 0.25) is 0 Å². The largest absolute Gasteiger partial charge is 0.287 e. The van der Waals surface area contributed by atoms with E-state index in [1.165, 1.54) is 16.3 Å². The monoisotopic (exact) mass is 240 g/mol. The van der Waals surface area contributed by atoms with Crippen LogP contribution in [0, 0.1) is 0 Å². The third-order valence-corrected chi connectivity index (χ3v) is 3.96. The highest BCUT2D eigenvalue weighted by Crippen LogP contribution is 2.26. The molecule has 2 aromatic rings. The minimum atomic E-state index is -0.0229. The Hall–Kier alpha value is -0.950. The van der Waals surface area contributed by atoms with Crippen LogP contribution in [0.1, 0.15) is 5.69 Å². The van der Waals surface area contributed by atoms with Gasteiger partial charge < -0.3 is 0 Å². The van der Waals surface area contributed by atoms with E-state index in [4.69, 9.17) is 0 Å². The highest BCUT2D eigenvalue weighted by molar-refractivity contribution is 7.99. The van der Waals surface area contributed by atoms with Crippen molar-refractivity contribution >= 4 is 29.3 Å². The number of rotatable bonds is 1. The minimum absolute atomic E-state index is 0.0229. The van der Waals surface area contributed by atoms with Crippen LogP contribution < -0.4 is 5.56 Å². The number of nitrogens with zero attached hydrogens (tertiary/aromatic N) is 3. The first-order chi connectivity index (χ1) is 7.29. The summed E-state index contributed by atoms with van der Waals surface area (Å²) in [5, 5.41) is 3.64. The summed E-state index contributed by atoms with van der Waals surface area (Å²) in [4.78, 5) is 21.3. The molecule has 1 aliphatic heterocycles. The molecule has 0 amide bonds. The molecule has 0 saturated carbocycles. The molecule has 0 bridgehead atoms. The lowest BCUT2D eigenvalue weighted by molar-refractivity contribution is 0.815. The Balaban J connectivity index is 2.38. The van der Waals surface area contributed by atoms with Crippen molar-refractivity contribution in [2.45, 2.75) is 16.5 Å². The molecule has 0 atom stereocenters. The topological polar surface area (TPSA) is 63.1 Å². The molecule has 0 saturated heterocycles. The third kappa shape index (κ3) is 1.30. The van der Waals surface area contributed by atoms with E-state index < -0.39 is 0 Å². The molecule has 0 fully saturated rings. The van der Waals surface area contributed by atoms with Gasteiger partial charge in [0.2, 0.25) is 0 Å². The molecule has 0 aliphatic carbocycles. The second kappa shape index (κ2) is 3.28. The Morgan fingerprint density at radius 2 is 2.40 bits per heavy atom. The summed E-state index contributed by atoms with van der Waals surface area (Å²) in [7, 11) is 0. The van der Waals surface area contributed by atoms with Gasteiger partial charge in [0.15, 0.2) is 5.16 Å². The predicted molar refractivity (Wildman–Crippen MR) is 59.8 cm³/mol. The van der Waals surface area contributed by atoms with Crippen molar-refractivity contribution in [1.29, 1.82) is 0 Å². The van der Waals surface area contributed by atoms with Crippen molar-refractivity contribution in [3.05, 3.63) is 16.0 Å². The number of hydrogen-bond acceptors (Lipinski definition) is 5. The third-order valence-electron chi connectivity index (χ3n) is 2.28. The van der Waals surface area contributed by atoms with Gasteiger partial charge in [-0.3, -0.25) is 9.89 Å². The molecule has 78 valence electrons. The number of aryl methyl sites for hydroxylation is 1. The molecule has 0 aromatic carbocycles. The lowest BCUT2D eigenvalue weighted by Gasteiger charge is -1.95. The zero-order valence-corrected chi connectivity index (χ0v) is 9.61. The van der Waals surface area contributed by atoms with Crippen molar-refractivity contribution in [2.24, 2.45) is 0 Å². The highest BCUT2D eigenvalue weighted by Gasteiger charge is 2.20. The van der Waals surface area contributed by atoms with Gasteiger partial charge in [0.05, 0.1) is 10.6 Å². The second-order valence-corrected chi connectivity index (χ2v) is 5.06. The van der Waals surface area contributed by atoms with Gasteiger partial charge in [-0.05, 0) is 6.26 Å². The first-order valence-electron chi connectivity index (χ1n) is 4.48. The fraction of sp³-hybridized carbons (Fsp3) is 0.375. The molecule has 0 unspecified atom stereocenters. The van der Waals surface area contributed by atoms with Gasteiger partial charge in [-0.2, -0.15) is 9.50 Å². The Kier molecular flexibility index (Phi) is 2.03. The summed E-state index contributed by atoms with van der Waals surface area (Å²) in [5.74, 6) is 1.42. The summed E-state index contributed by atoms with van der Waals surface area (Å²) < 4.78 is 1.42. The molecule has 2 aromatic heterocycles. The van der Waals surface area contributed by atoms with Gasteiger partial charge in [0.25, 0.3) is 11.3 Å². The van der Waals surface area contributed by atoms with Crippen LogP contribution in [0.25, 0.3) is 5.78 Å². The smallest absolute Gasteiger partial charge is 0.266 e. The standard InChI is InChI=1S/C8H8N4OS2/c1-14-8-10-7-9-4-2-3-15-5(4)6(13)12(7)11-8/h2-3H2,1H3,(H,9,10,11). The molecular formula is C8H8N4OS2. The van der Waals surface area contributed by atoms with Crippen molar-refractivity contribution < 1.29 is 0 Å². The lowest BCUT2D eigenvalue weighted by Crippen LogP contribution is -2.17. The minimum Gasteiger partial charge on any atom is -0.266 e. The van der Waals surface area contributed by atoms with E-state index in [0.29, 0.717) is 10.9 Å².